The number of alkyl carbamates (subject to hydrolysis) is 1. The van der Waals surface area contributed by atoms with Crippen molar-refractivity contribution in [1.29, 1.82) is 0 Å². The molecule has 0 aliphatic rings. The fourth-order valence-electron chi connectivity index (χ4n) is 4.06. The summed E-state index contributed by atoms with van der Waals surface area (Å²) in [5.74, 6) is 0.992. The topological polar surface area (TPSA) is 82.5 Å². The van der Waals surface area contributed by atoms with Crippen LogP contribution in [0.25, 0.3) is 21.7 Å². The van der Waals surface area contributed by atoms with Crippen LogP contribution in [-0.2, 0) is 11.8 Å². The van der Waals surface area contributed by atoms with E-state index in [1.165, 1.54) is 0 Å². The lowest BCUT2D eigenvalue weighted by Crippen LogP contribution is -2.47. The summed E-state index contributed by atoms with van der Waals surface area (Å²) in [6.45, 7) is 13.5. The Morgan fingerprint density at radius 3 is 2.48 bits per heavy atom. The standard InChI is InChI=1S/C26H35N3O4/c1-15(2)13-21(28-25(31)33-26(5,6)7)17(4)32-18-9-10-19-20-11-12-27-16(3)23(20)24(30)29(8)22(19)14-18/h9-12,14-15,17,21H,13H2,1-8H3,(H,28,31). The third kappa shape index (κ3) is 5.64. The molecule has 2 unspecified atom stereocenters. The largest absolute Gasteiger partial charge is 0.489 e. The number of fused-ring (bicyclic) bond motifs is 3. The quantitative estimate of drug-likeness (QED) is 0.525. The minimum Gasteiger partial charge on any atom is -0.489 e. The number of ether oxygens (including phenoxy) is 2. The Morgan fingerprint density at radius 2 is 1.85 bits per heavy atom. The number of carbonyl (C=O) groups is 1. The number of nitrogens with zero attached hydrogens (tertiary/aromatic N) is 2. The maximum Gasteiger partial charge on any atom is 0.408 e. The van der Waals surface area contributed by atoms with Crippen molar-refractivity contribution in [2.75, 3.05) is 0 Å². The Kier molecular flexibility index (Phi) is 7.00. The van der Waals surface area contributed by atoms with Gasteiger partial charge in [-0.2, -0.15) is 0 Å². The van der Waals surface area contributed by atoms with Crippen LogP contribution in [-0.4, -0.2) is 33.4 Å². The molecule has 178 valence electrons. The molecule has 2 heterocycles. The predicted molar refractivity (Wildman–Crippen MR) is 132 cm³/mol. The first kappa shape index (κ1) is 24.6. The van der Waals surface area contributed by atoms with E-state index >= 15 is 0 Å². The minimum absolute atomic E-state index is 0.0856. The molecular formula is C26H35N3O4. The number of aryl methyl sites for hydroxylation is 2. The first-order valence-electron chi connectivity index (χ1n) is 11.4. The number of rotatable bonds is 6. The molecule has 1 amide bonds. The Balaban J connectivity index is 1.92. The molecule has 3 rings (SSSR count). The smallest absolute Gasteiger partial charge is 0.408 e. The van der Waals surface area contributed by atoms with Gasteiger partial charge in [0.25, 0.3) is 5.56 Å². The number of pyridine rings is 2. The van der Waals surface area contributed by atoms with Gasteiger partial charge in [0.15, 0.2) is 0 Å². The monoisotopic (exact) mass is 453 g/mol. The highest BCUT2D eigenvalue weighted by atomic mass is 16.6. The minimum atomic E-state index is -0.573. The molecular weight excluding hydrogens is 418 g/mol. The van der Waals surface area contributed by atoms with Gasteiger partial charge in [-0.1, -0.05) is 13.8 Å². The summed E-state index contributed by atoms with van der Waals surface area (Å²) in [6, 6.07) is 7.39. The third-order valence-electron chi connectivity index (χ3n) is 5.60. The molecule has 2 atom stereocenters. The summed E-state index contributed by atoms with van der Waals surface area (Å²) in [4.78, 5) is 29.6. The second kappa shape index (κ2) is 9.41. The second-order valence-electron chi connectivity index (χ2n) is 10.1. The van der Waals surface area contributed by atoms with Gasteiger partial charge < -0.3 is 19.4 Å². The third-order valence-corrected chi connectivity index (χ3v) is 5.60. The molecule has 7 heteroatoms. The van der Waals surface area contributed by atoms with Crippen LogP contribution in [0.2, 0.25) is 0 Å². The SMILES string of the molecule is Cc1nccc2c1c(=O)n(C)c1cc(OC(C)C(CC(C)C)NC(=O)OC(C)(C)C)ccc21. The van der Waals surface area contributed by atoms with Gasteiger partial charge in [0.2, 0.25) is 0 Å². The number of nitrogens with one attached hydrogen (secondary N) is 1. The molecule has 33 heavy (non-hydrogen) atoms. The summed E-state index contributed by atoms with van der Waals surface area (Å²) >= 11 is 0. The molecule has 1 N–H and O–H groups in total. The van der Waals surface area contributed by atoms with Crippen molar-refractivity contribution in [3.63, 3.8) is 0 Å². The fourth-order valence-corrected chi connectivity index (χ4v) is 4.06. The van der Waals surface area contributed by atoms with Crippen LogP contribution in [0, 0.1) is 12.8 Å². The maximum atomic E-state index is 13.0. The van der Waals surface area contributed by atoms with E-state index in [-0.39, 0.29) is 17.7 Å². The van der Waals surface area contributed by atoms with Crippen molar-refractivity contribution in [2.45, 2.75) is 72.6 Å². The zero-order chi connectivity index (χ0) is 24.5. The van der Waals surface area contributed by atoms with Crippen LogP contribution in [0.4, 0.5) is 4.79 Å². The van der Waals surface area contributed by atoms with Gasteiger partial charge in [-0.05, 0) is 70.5 Å². The van der Waals surface area contributed by atoms with Crippen molar-refractivity contribution < 1.29 is 14.3 Å². The zero-order valence-corrected chi connectivity index (χ0v) is 20.9. The summed E-state index contributed by atoms with van der Waals surface area (Å²) in [5.41, 5.74) is 0.839. The van der Waals surface area contributed by atoms with Gasteiger partial charge in [0, 0.05) is 24.7 Å². The Bertz CT molecular complexity index is 1220. The molecule has 7 nitrogen and oxygen atoms in total. The molecule has 0 radical (unpaired) electrons. The Hall–Kier alpha value is -3.09. The van der Waals surface area contributed by atoms with Crippen molar-refractivity contribution >= 4 is 27.8 Å². The number of carbonyl (C=O) groups excluding carboxylic acids is 1. The normalized spacial score (nSPS) is 13.8. The lowest BCUT2D eigenvalue weighted by Gasteiger charge is -2.29. The molecule has 0 saturated heterocycles. The first-order valence-corrected chi connectivity index (χ1v) is 11.4. The first-order chi connectivity index (χ1) is 15.4. The van der Waals surface area contributed by atoms with Gasteiger partial charge in [-0.15, -0.1) is 0 Å². The number of benzene rings is 1. The summed E-state index contributed by atoms with van der Waals surface area (Å²) < 4.78 is 13.3. The van der Waals surface area contributed by atoms with E-state index in [2.05, 4.69) is 24.1 Å². The summed E-state index contributed by atoms with van der Waals surface area (Å²) in [5, 5.41) is 5.44. The van der Waals surface area contributed by atoms with E-state index in [0.29, 0.717) is 22.7 Å². The predicted octanol–water partition coefficient (Wildman–Crippen LogP) is 5.10. The van der Waals surface area contributed by atoms with E-state index in [4.69, 9.17) is 9.47 Å². The summed E-state index contributed by atoms with van der Waals surface area (Å²) in [7, 11) is 1.76. The molecule has 0 spiro atoms. The van der Waals surface area contributed by atoms with Crippen LogP contribution < -0.4 is 15.6 Å². The molecule has 0 aliphatic heterocycles. The second-order valence-corrected chi connectivity index (χ2v) is 10.1. The number of hydrogen-bond donors (Lipinski definition) is 1. The highest BCUT2D eigenvalue weighted by Gasteiger charge is 2.25. The van der Waals surface area contributed by atoms with Gasteiger partial charge >= 0.3 is 6.09 Å². The molecule has 1 aromatic carbocycles. The molecule has 0 fully saturated rings. The van der Waals surface area contributed by atoms with Gasteiger partial charge in [0.05, 0.1) is 22.6 Å². The van der Waals surface area contributed by atoms with Crippen molar-refractivity contribution in [3.8, 4) is 5.75 Å². The summed E-state index contributed by atoms with van der Waals surface area (Å²) in [6.07, 6.45) is 1.70. The van der Waals surface area contributed by atoms with E-state index in [0.717, 1.165) is 22.7 Å². The average Bonchev–Trinajstić information content (AvgIpc) is 2.69. The van der Waals surface area contributed by atoms with E-state index in [1.54, 1.807) is 17.8 Å². The average molecular weight is 454 g/mol. The van der Waals surface area contributed by atoms with Crippen molar-refractivity contribution in [3.05, 3.63) is 46.5 Å². The van der Waals surface area contributed by atoms with Gasteiger partial charge in [0.1, 0.15) is 17.5 Å². The van der Waals surface area contributed by atoms with E-state index in [1.807, 2.05) is 58.9 Å². The number of hydrogen-bond acceptors (Lipinski definition) is 5. The van der Waals surface area contributed by atoms with Crippen LogP contribution in [0.3, 0.4) is 0 Å². The van der Waals surface area contributed by atoms with Gasteiger partial charge in [-0.3, -0.25) is 9.78 Å². The maximum absolute atomic E-state index is 13.0. The highest BCUT2D eigenvalue weighted by Crippen LogP contribution is 2.28. The van der Waals surface area contributed by atoms with Crippen LogP contribution in [0.1, 0.15) is 53.7 Å². The van der Waals surface area contributed by atoms with Gasteiger partial charge in [-0.25, -0.2) is 4.79 Å². The number of aromatic nitrogens is 2. The van der Waals surface area contributed by atoms with Crippen molar-refractivity contribution in [2.24, 2.45) is 13.0 Å². The van der Waals surface area contributed by atoms with Crippen LogP contribution in [0.15, 0.2) is 35.3 Å². The molecule has 0 bridgehead atoms. The van der Waals surface area contributed by atoms with Crippen molar-refractivity contribution in [1.82, 2.24) is 14.9 Å². The fraction of sp³-hybridized carbons (Fsp3) is 0.500. The molecule has 3 aromatic rings. The lowest BCUT2D eigenvalue weighted by atomic mass is 10.00. The Labute approximate surface area is 195 Å². The highest BCUT2D eigenvalue weighted by molar-refractivity contribution is 6.06. The molecule has 0 saturated carbocycles. The van der Waals surface area contributed by atoms with Crippen LogP contribution in [0.5, 0.6) is 5.75 Å². The lowest BCUT2D eigenvalue weighted by molar-refractivity contribution is 0.0441. The number of amides is 1. The van der Waals surface area contributed by atoms with E-state index in [9.17, 15) is 9.59 Å². The van der Waals surface area contributed by atoms with E-state index < -0.39 is 11.7 Å². The molecule has 2 aromatic heterocycles. The zero-order valence-electron chi connectivity index (χ0n) is 20.9. The Morgan fingerprint density at radius 1 is 1.15 bits per heavy atom. The van der Waals surface area contributed by atoms with Crippen LogP contribution >= 0.6 is 0 Å². The molecule has 0 aliphatic carbocycles.